The standard InChI is InChI=1S/C46H80N8O6/c1-36(2)46(48)54(40(6)47)38(4)34-43-21-20-37(3)53(43)25-22-44(41-16-12-11-13-17-41)51-45(56)19-15-10-8-7-9-14-18-42(52-49)35-50-24-27-58-29-31-60-33-32-59-30-28-57-26-23-39(5)55/h11-13,16-17,35-38,43-44,47-48H,7-10,14-15,18-34,49H2,1-6H3,(H,51,56)/b47-40?,48-46?,50-35?,52-42-. The van der Waals surface area contributed by atoms with Crippen LogP contribution in [0.25, 0.3) is 0 Å². The Labute approximate surface area is 361 Å². The number of nitrogens with two attached hydrogens (primary N) is 1. The zero-order valence-electron chi connectivity index (χ0n) is 37.9. The largest absolute Gasteiger partial charge is 0.379 e. The van der Waals surface area contributed by atoms with Crippen LogP contribution in [0.4, 0.5) is 0 Å². The van der Waals surface area contributed by atoms with Gasteiger partial charge in [-0.25, -0.2) is 0 Å². The minimum Gasteiger partial charge on any atom is -0.379 e. The highest BCUT2D eigenvalue weighted by molar-refractivity contribution is 6.30. The Bertz CT molecular complexity index is 1410. The molecule has 1 saturated heterocycles. The number of hydrazone groups is 1. The lowest BCUT2D eigenvalue weighted by Gasteiger charge is -2.37. The van der Waals surface area contributed by atoms with E-state index in [0.29, 0.717) is 96.0 Å². The SMILES string of the molecule is CC(=N)N(C(=N)C(C)C)C(C)CC1CCC(C)N1CCC(NC(=O)CCCCCCCC/C(C=NCCOCCOCCOCCOCCC(C)=O)=N/N)c1ccccc1. The van der Waals surface area contributed by atoms with Gasteiger partial charge in [-0.1, -0.05) is 69.9 Å². The maximum absolute atomic E-state index is 13.2. The number of hydrogen-bond acceptors (Lipinski definition) is 12. The molecule has 0 aromatic heterocycles. The third kappa shape index (κ3) is 22.9. The maximum atomic E-state index is 13.2. The van der Waals surface area contributed by atoms with E-state index in [2.05, 4.69) is 46.3 Å². The third-order valence-electron chi connectivity index (χ3n) is 11.0. The van der Waals surface area contributed by atoms with E-state index >= 15 is 0 Å². The number of carbonyl (C=O) groups excluding carboxylic acids is 2. The van der Waals surface area contributed by atoms with Crippen LogP contribution in [-0.2, 0) is 28.5 Å². The molecule has 5 N–H and O–H groups in total. The first-order valence-electron chi connectivity index (χ1n) is 22.5. The number of ether oxygens (including phenoxy) is 4. The van der Waals surface area contributed by atoms with E-state index in [1.54, 1.807) is 20.1 Å². The first-order chi connectivity index (χ1) is 28.9. The second-order valence-electron chi connectivity index (χ2n) is 16.4. The van der Waals surface area contributed by atoms with Crippen molar-refractivity contribution in [3.05, 3.63) is 35.9 Å². The minimum atomic E-state index is -0.0481. The summed E-state index contributed by atoms with van der Waals surface area (Å²) in [5, 5.41) is 24.3. The highest BCUT2D eigenvalue weighted by Crippen LogP contribution is 2.30. The van der Waals surface area contributed by atoms with Crippen LogP contribution >= 0.6 is 0 Å². The Morgan fingerprint density at radius 1 is 0.850 bits per heavy atom. The summed E-state index contributed by atoms with van der Waals surface area (Å²) >= 11 is 0. The van der Waals surface area contributed by atoms with Gasteiger partial charge < -0.3 is 35.0 Å². The second kappa shape index (κ2) is 32.2. The van der Waals surface area contributed by atoms with Crippen molar-refractivity contribution in [1.29, 1.82) is 10.8 Å². The molecule has 0 radical (unpaired) electrons. The molecular weight excluding hydrogens is 761 g/mol. The summed E-state index contributed by atoms with van der Waals surface area (Å²) in [5.74, 6) is 6.84. The van der Waals surface area contributed by atoms with E-state index in [-0.39, 0.29) is 29.7 Å². The number of amidine groups is 2. The summed E-state index contributed by atoms with van der Waals surface area (Å²) in [7, 11) is 0. The number of Topliss-reactive ketones (excluding diaryl/α,β-unsaturated/α-hetero) is 1. The number of nitrogens with zero attached hydrogens (tertiary/aromatic N) is 4. The molecule has 1 aliphatic rings. The molecule has 2 rings (SSSR count). The molecule has 14 heteroatoms. The summed E-state index contributed by atoms with van der Waals surface area (Å²) in [5.41, 5.74) is 1.92. The molecule has 4 atom stereocenters. The Morgan fingerprint density at radius 2 is 1.43 bits per heavy atom. The number of amides is 1. The van der Waals surface area contributed by atoms with E-state index in [9.17, 15) is 9.59 Å². The number of carbonyl (C=O) groups is 2. The lowest BCUT2D eigenvalue weighted by atomic mass is 10.0. The van der Waals surface area contributed by atoms with Crippen molar-refractivity contribution in [3.8, 4) is 0 Å². The van der Waals surface area contributed by atoms with Crippen molar-refractivity contribution in [2.24, 2.45) is 21.9 Å². The van der Waals surface area contributed by atoms with Gasteiger partial charge in [-0.2, -0.15) is 5.10 Å². The molecule has 0 saturated carbocycles. The van der Waals surface area contributed by atoms with Gasteiger partial charge in [-0.05, 0) is 78.2 Å². The smallest absolute Gasteiger partial charge is 0.220 e. The lowest BCUT2D eigenvalue weighted by Crippen LogP contribution is -2.47. The first-order valence-corrected chi connectivity index (χ1v) is 22.5. The van der Waals surface area contributed by atoms with Crippen LogP contribution in [-0.4, -0.2) is 129 Å². The molecule has 14 nitrogen and oxygen atoms in total. The maximum Gasteiger partial charge on any atom is 0.220 e. The highest BCUT2D eigenvalue weighted by Gasteiger charge is 2.34. The molecular formula is C46H80N8O6. The lowest BCUT2D eigenvalue weighted by molar-refractivity contribution is -0.122. The Hall–Kier alpha value is -3.56. The molecule has 1 heterocycles. The van der Waals surface area contributed by atoms with Gasteiger partial charge >= 0.3 is 0 Å². The molecule has 1 aromatic carbocycles. The van der Waals surface area contributed by atoms with Gasteiger partial charge in [0.05, 0.1) is 77.0 Å². The Kier molecular flexibility index (Phi) is 28.2. The number of benzene rings is 1. The number of ketones is 1. The quantitative estimate of drug-likeness (QED) is 0.0181. The molecule has 1 fully saturated rings. The molecule has 4 unspecified atom stereocenters. The van der Waals surface area contributed by atoms with E-state index in [4.69, 9.17) is 35.6 Å². The van der Waals surface area contributed by atoms with Gasteiger partial charge in [0, 0.05) is 49.6 Å². The summed E-state index contributed by atoms with van der Waals surface area (Å²) in [6.07, 6.45) is 13.6. The van der Waals surface area contributed by atoms with Crippen LogP contribution in [0.3, 0.4) is 0 Å². The minimum absolute atomic E-state index is 0.0481. The van der Waals surface area contributed by atoms with E-state index in [1.165, 1.54) is 0 Å². The van der Waals surface area contributed by atoms with Crippen LogP contribution in [0.15, 0.2) is 40.4 Å². The molecule has 340 valence electrons. The average molecular weight is 841 g/mol. The van der Waals surface area contributed by atoms with Gasteiger partial charge in [-0.3, -0.25) is 30.3 Å². The fourth-order valence-corrected chi connectivity index (χ4v) is 7.59. The average Bonchev–Trinajstić information content (AvgIpc) is 3.56. The summed E-state index contributed by atoms with van der Waals surface area (Å²) in [6, 6.07) is 11.2. The molecule has 1 aromatic rings. The van der Waals surface area contributed by atoms with E-state index in [0.717, 1.165) is 88.4 Å². The van der Waals surface area contributed by atoms with E-state index in [1.807, 2.05) is 36.9 Å². The van der Waals surface area contributed by atoms with Gasteiger partial charge in [0.15, 0.2) is 0 Å². The molecule has 0 bridgehead atoms. The van der Waals surface area contributed by atoms with Crippen molar-refractivity contribution in [2.45, 2.75) is 149 Å². The van der Waals surface area contributed by atoms with Gasteiger partial charge in [0.1, 0.15) is 11.6 Å². The predicted molar refractivity (Wildman–Crippen MR) is 244 cm³/mol. The Morgan fingerprint density at radius 3 is 2.02 bits per heavy atom. The fraction of sp³-hybridized carbons (Fsp3) is 0.739. The molecule has 0 aliphatic carbocycles. The van der Waals surface area contributed by atoms with E-state index < -0.39 is 0 Å². The van der Waals surface area contributed by atoms with Crippen molar-refractivity contribution in [1.82, 2.24) is 15.1 Å². The van der Waals surface area contributed by atoms with Crippen LogP contribution in [0.2, 0.25) is 0 Å². The fourth-order valence-electron chi connectivity index (χ4n) is 7.59. The Balaban J connectivity index is 1.60. The first kappa shape index (κ1) is 52.6. The summed E-state index contributed by atoms with van der Waals surface area (Å²) in [4.78, 5) is 33.0. The third-order valence-corrected chi connectivity index (χ3v) is 11.0. The number of aliphatic imine (C=N–C) groups is 1. The van der Waals surface area contributed by atoms with Crippen molar-refractivity contribution in [3.63, 3.8) is 0 Å². The van der Waals surface area contributed by atoms with Crippen LogP contribution in [0, 0.1) is 16.7 Å². The van der Waals surface area contributed by atoms with Gasteiger partial charge in [0.2, 0.25) is 5.91 Å². The predicted octanol–water partition coefficient (Wildman–Crippen LogP) is 7.35. The number of likely N-dealkylation sites (tertiary alicyclic amines) is 1. The van der Waals surface area contributed by atoms with Crippen LogP contribution in [0.5, 0.6) is 0 Å². The second-order valence-corrected chi connectivity index (χ2v) is 16.4. The monoisotopic (exact) mass is 841 g/mol. The van der Waals surface area contributed by atoms with Gasteiger partial charge in [0.25, 0.3) is 0 Å². The summed E-state index contributed by atoms with van der Waals surface area (Å²) < 4.78 is 21.8. The number of nitrogens with one attached hydrogen (secondary N) is 3. The highest BCUT2D eigenvalue weighted by atomic mass is 16.6. The summed E-state index contributed by atoms with van der Waals surface area (Å²) in [6.45, 7) is 17.1. The van der Waals surface area contributed by atoms with Crippen LogP contribution in [0.1, 0.15) is 137 Å². The molecule has 1 amide bonds. The number of hydrogen-bond donors (Lipinski definition) is 4. The van der Waals surface area contributed by atoms with Gasteiger partial charge in [-0.15, -0.1) is 0 Å². The van der Waals surface area contributed by atoms with Crippen LogP contribution < -0.4 is 11.2 Å². The van der Waals surface area contributed by atoms with Crippen molar-refractivity contribution < 1.29 is 28.5 Å². The number of rotatable bonds is 34. The normalized spacial score (nSPS) is 17.0. The number of unbranched alkanes of at least 4 members (excludes halogenated alkanes) is 5. The molecule has 60 heavy (non-hydrogen) atoms. The zero-order chi connectivity index (χ0) is 44.0. The zero-order valence-corrected chi connectivity index (χ0v) is 37.9. The van der Waals surface area contributed by atoms with Crippen molar-refractivity contribution in [2.75, 3.05) is 65.9 Å². The van der Waals surface area contributed by atoms with Crippen molar-refractivity contribution >= 4 is 35.3 Å². The molecule has 0 spiro atoms. The topological polar surface area (TPSA) is 188 Å². The molecule has 1 aliphatic heterocycles.